The van der Waals surface area contributed by atoms with Gasteiger partial charge in [-0.05, 0) is 35.4 Å². The first-order valence-electron chi connectivity index (χ1n) is 10.3. The van der Waals surface area contributed by atoms with Crippen molar-refractivity contribution >= 4 is 30.8 Å². The van der Waals surface area contributed by atoms with Crippen LogP contribution in [0.25, 0.3) is 0 Å². The molecule has 32 heavy (non-hydrogen) atoms. The molecule has 0 heterocycles. The van der Waals surface area contributed by atoms with Crippen LogP contribution in [0.4, 0.5) is 18.9 Å². The third kappa shape index (κ3) is 5.98. The van der Waals surface area contributed by atoms with Crippen LogP contribution in [0, 0.1) is 11.6 Å². The van der Waals surface area contributed by atoms with E-state index < -0.39 is 42.9 Å². The third-order valence-corrected chi connectivity index (χ3v) is 6.87. The molecule has 0 fully saturated rings. The van der Waals surface area contributed by atoms with Crippen molar-refractivity contribution in [3.8, 4) is 0 Å². The maximum Gasteiger partial charge on any atom is 0.290 e. The van der Waals surface area contributed by atoms with Crippen molar-refractivity contribution in [3.05, 3.63) is 59.2 Å². The molecule has 2 aromatic rings. The number of rotatable bonds is 9. The minimum absolute atomic E-state index is 0.00215. The van der Waals surface area contributed by atoms with E-state index in [1.807, 2.05) is 25.0 Å². The fourth-order valence-corrected chi connectivity index (χ4v) is 4.61. The molecule has 0 unspecified atom stereocenters. The summed E-state index contributed by atoms with van der Waals surface area (Å²) < 4.78 is 50.3. The highest BCUT2D eigenvalue weighted by atomic mass is 28.3. The van der Waals surface area contributed by atoms with Crippen LogP contribution in [-0.2, 0) is 26.7 Å². The van der Waals surface area contributed by atoms with Crippen LogP contribution in [0.15, 0.2) is 36.4 Å². The average molecular weight is 467 g/mol. The van der Waals surface area contributed by atoms with Gasteiger partial charge in [-0.1, -0.05) is 44.8 Å². The zero-order valence-electron chi connectivity index (χ0n) is 18.9. The molecule has 1 atom stereocenters. The lowest BCUT2D eigenvalue weighted by molar-refractivity contribution is -0.138. The highest BCUT2D eigenvalue weighted by Gasteiger charge is 2.44. The molecule has 2 amide bonds. The number of alkyl halides is 1. The second-order valence-electron chi connectivity index (χ2n) is 8.60. The number of anilines is 1. The van der Waals surface area contributed by atoms with Crippen LogP contribution >= 0.6 is 0 Å². The summed E-state index contributed by atoms with van der Waals surface area (Å²) in [5, 5.41) is 4.82. The van der Waals surface area contributed by atoms with Gasteiger partial charge in [0.05, 0.1) is 20.2 Å². The van der Waals surface area contributed by atoms with E-state index in [0.29, 0.717) is 17.2 Å². The molecular formula is C23H29F3N2O3Si. The van der Waals surface area contributed by atoms with Gasteiger partial charge in [0.2, 0.25) is 5.91 Å². The summed E-state index contributed by atoms with van der Waals surface area (Å²) in [7, 11) is -0.533. The van der Waals surface area contributed by atoms with E-state index in [4.69, 9.17) is 4.74 Å². The number of nitrogens with one attached hydrogen (secondary N) is 2. The Morgan fingerprint density at radius 2 is 1.75 bits per heavy atom. The van der Waals surface area contributed by atoms with Gasteiger partial charge < -0.3 is 15.4 Å². The lowest BCUT2D eigenvalue weighted by Crippen LogP contribution is -2.51. The molecule has 9 heteroatoms. The predicted octanol–water partition coefficient (Wildman–Crippen LogP) is 4.33. The van der Waals surface area contributed by atoms with E-state index in [0.717, 1.165) is 18.2 Å². The van der Waals surface area contributed by atoms with Gasteiger partial charge in [-0.3, -0.25) is 9.59 Å². The van der Waals surface area contributed by atoms with Gasteiger partial charge in [-0.15, -0.1) is 0 Å². The zero-order chi connectivity index (χ0) is 24.1. The van der Waals surface area contributed by atoms with E-state index in [9.17, 15) is 18.4 Å². The summed E-state index contributed by atoms with van der Waals surface area (Å²) in [6, 6.07) is 7.63. The number of carbonyl (C=O) groups excluding carboxylic acids is 2. The molecule has 2 aromatic carbocycles. The molecule has 5 nitrogen and oxygen atoms in total. The Bertz CT molecular complexity index is 995. The van der Waals surface area contributed by atoms with Crippen molar-refractivity contribution in [1.29, 1.82) is 0 Å². The Morgan fingerprint density at radius 3 is 2.28 bits per heavy atom. The standard InChI is InChI=1S/C23H29F3N2O3Si/c1-6-7-21(29)28-23(26,17-10-8-15(14-31-2)12-18(17)24)22(30)27-16-9-11-20(19(25)13-16)32(3,4)5/h8-13H,6-7,14H2,1-5H3,(H,27,30)(H,28,29)/t23-/m0/s1. The normalized spacial score (nSPS) is 13.4. The lowest BCUT2D eigenvalue weighted by atomic mass is 10.00. The summed E-state index contributed by atoms with van der Waals surface area (Å²) in [5.74, 6) is -6.83. The average Bonchev–Trinajstić information content (AvgIpc) is 2.67. The minimum Gasteiger partial charge on any atom is -0.380 e. The van der Waals surface area contributed by atoms with Crippen LogP contribution in [0.5, 0.6) is 0 Å². The number of hydrogen-bond donors (Lipinski definition) is 2. The molecule has 0 spiro atoms. The van der Waals surface area contributed by atoms with Crippen LogP contribution in [0.3, 0.4) is 0 Å². The van der Waals surface area contributed by atoms with Gasteiger partial charge in [0.25, 0.3) is 11.7 Å². The van der Waals surface area contributed by atoms with Gasteiger partial charge in [-0.25, -0.2) is 13.2 Å². The predicted molar refractivity (Wildman–Crippen MR) is 121 cm³/mol. The first-order valence-corrected chi connectivity index (χ1v) is 13.8. The Kier molecular flexibility index (Phi) is 8.25. The van der Waals surface area contributed by atoms with Gasteiger partial charge in [0.15, 0.2) is 0 Å². The van der Waals surface area contributed by atoms with Crippen molar-refractivity contribution in [3.63, 3.8) is 0 Å². The highest BCUT2D eigenvalue weighted by Crippen LogP contribution is 2.29. The molecule has 0 aliphatic carbocycles. The molecule has 2 N–H and O–H groups in total. The zero-order valence-corrected chi connectivity index (χ0v) is 19.9. The molecule has 0 saturated carbocycles. The summed E-state index contributed by atoms with van der Waals surface area (Å²) in [5.41, 5.74) is -0.225. The fourth-order valence-electron chi connectivity index (χ4n) is 3.24. The Morgan fingerprint density at radius 1 is 1.06 bits per heavy atom. The third-order valence-electron chi connectivity index (χ3n) is 4.85. The van der Waals surface area contributed by atoms with Gasteiger partial charge in [-0.2, -0.15) is 0 Å². The number of methoxy groups -OCH3 is 1. The van der Waals surface area contributed by atoms with E-state index in [-0.39, 0.29) is 18.7 Å². The highest BCUT2D eigenvalue weighted by molar-refractivity contribution is 6.88. The monoisotopic (exact) mass is 466 g/mol. The smallest absolute Gasteiger partial charge is 0.290 e. The topological polar surface area (TPSA) is 67.4 Å². The number of carbonyl (C=O) groups is 2. The maximum absolute atomic E-state index is 16.0. The largest absolute Gasteiger partial charge is 0.380 e. The summed E-state index contributed by atoms with van der Waals surface area (Å²) >= 11 is 0. The van der Waals surface area contributed by atoms with Crippen LogP contribution in [-0.4, -0.2) is 27.0 Å². The maximum atomic E-state index is 16.0. The molecule has 0 bridgehead atoms. The Balaban J connectivity index is 2.43. The van der Waals surface area contributed by atoms with Crippen molar-refractivity contribution in [2.45, 2.75) is 51.8 Å². The number of halogens is 3. The van der Waals surface area contributed by atoms with E-state index in [1.165, 1.54) is 19.2 Å². The molecule has 0 aliphatic rings. The van der Waals surface area contributed by atoms with Crippen molar-refractivity contribution in [1.82, 2.24) is 5.32 Å². The number of hydrogen-bond acceptors (Lipinski definition) is 3. The minimum atomic E-state index is -3.20. The van der Waals surface area contributed by atoms with Crippen molar-refractivity contribution in [2.24, 2.45) is 0 Å². The molecular weight excluding hydrogens is 437 g/mol. The van der Waals surface area contributed by atoms with E-state index >= 15 is 4.39 Å². The van der Waals surface area contributed by atoms with Gasteiger partial charge in [0, 0.05) is 19.2 Å². The first kappa shape index (κ1) is 25.6. The number of ether oxygens (including phenoxy) is 1. The first-order chi connectivity index (χ1) is 14.9. The fraction of sp³-hybridized carbons (Fsp3) is 0.391. The summed E-state index contributed by atoms with van der Waals surface area (Å²) in [6.45, 7) is 7.71. The molecule has 2 rings (SSSR count). The van der Waals surface area contributed by atoms with Crippen molar-refractivity contribution in [2.75, 3.05) is 12.4 Å². The van der Waals surface area contributed by atoms with Crippen LogP contribution < -0.4 is 15.8 Å². The Labute approximate surface area is 187 Å². The molecule has 0 aromatic heterocycles. The summed E-state index contributed by atoms with van der Waals surface area (Å²) in [6.07, 6.45) is 0.351. The molecule has 0 saturated heterocycles. The quantitative estimate of drug-likeness (QED) is 0.427. The second-order valence-corrected chi connectivity index (χ2v) is 13.6. The molecule has 0 aliphatic heterocycles. The second kappa shape index (κ2) is 10.3. The SMILES string of the molecule is CCCC(=O)N[C@](F)(C(=O)Nc1ccc([Si](C)(C)C)c(F)c1)c1ccc(COC)cc1F. The van der Waals surface area contributed by atoms with Crippen LogP contribution in [0.1, 0.15) is 30.9 Å². The number of benzene rings is 2. The van der Waals surface area contributed by atoms with Gasteiger partial charge >= 0.3 is 0 Å². The Hall–Kier alpha value is -2.65. The lowest BCUT2D eigenvalue weighted by Gasteiger charge is -2.27. The van der Waals surface area contributed by atoms with Crippen molar-refractivity contribution < 1.29 is 27.5 Å². The molecule has 0 radical (unpaired) electrons. The van der Waals surface area contributed by atoms with E-state index in [2.05, 4.69) is 5.32 Å². The summed E-state index contributed by atoms with van der Waals surface area (Å²) in [4.78, 5) is 25.1. The van der Waals surface area contributed by atoms with Crippen LogP contribution in [0.2, 0.25) is 19.6 Å². The number of amides is 2. The van der Waals surface area contributed by atoms with Gasteiger partial charge in [0.1, 0.15) is 11.6 Å². The van der Waals surface area contributed by atoms with E-state index in [1.54, 1.807) is 13.0 Å². The molecule has 174 valence electrons.